The second-order valence-electron chi connectivity index (χ2n) is 2.69. The van der Waals surface area contributed by atoms with Crippen molar-refractivity contribution < 1.29 is 14.6 Å². The number of phenols is 1. The third-order valence-electron chi connectivity index (χ3n) is 1.90. The van der Waals surface area contributed by atoms with Gasteiger partial charge in [0.05, 0.1) is 6.61 Å². The molecule has 0 amide bonds. The molecule has 0 atom stereocenters. The molecule has 4 heteroatoms. The highest BCUT2D eigenvalue weighted by Crippen LogP contribution is 2.33. The van der Waals surface area contributed by atoms with Gasteiger partial charge in [0.2, 0.25) is 0 Å². The third-order valence-corrected chi connectivity index (χ3v) is 2.79. The molecule has 0 unspecified atom stereocenters. The molecule has 0 saturated heterocycles. The zero-order chi connectivity index (χ0) is 9.42. The second-order valence-corrected chi connectivity index (χ2v) is 3.73. The standard InChI is InChI=1S/C9H7FO2S/c10-8-3-6-7(13-8)2-1-5(4-11)9(6)12/h1-3,11-12H,4H2. The van der Waals surface area contributed by atoms with Gasteiger partial charge in [-0.3, -0.25) is 0 Å². The fourth-order valence-corrected chi connectivity index (χ4v) is 2.03. The largest absolute Gasteiger partial charge is 0.507 e. The highest BCUT2D eigenvalue weighted by atomic mass is 32.1. The van der Waals surface area contributed by atoms with Crippen LogP contribution in [0.1, 0.15) is 5.56 Å². The topological polar surface area (TPSA) is 40.5 Å². The van der Waals surface area contributed by atoms with Gasteiger partial charge in [0.1, 0.15) is 5.75 Å². The minimum absolute atomic E-state index is 0.0276. The van der Waals surface area contributed by atoms with Crippen LogP contribution in [0.15, 0.2) is 18.2 Å². The number of fused-ring (bicyclic) bond motifs is 1. The lowest BCUT2D eigenvalue weighted by Gasteiger charge is -2.00. The lowest BCUT2D eigenvalue weighted by atomic mass is 10.1. The van der Waals surface area contributed by atoms with E-state index in [4.69, 9.17) is 5.11 Å². The van der Waals surface area contributed by atoms with Crippen LogP contribution in [0.25, 0.3) is 10.1 Å². The summed E-state index contributed by atoms with van der Waals surface area (Å²) in [5, 5.41) is 18.5. The summed E-state index contributed by atoms with van der Waals surface area (Å²) in [5.74, 6) is -0.0276. The van der Waals surface area contributed by atoms with E-state index in [1.165, 1.54) is 6.07 Å². The van der Waals surface area contributed by atoms with Gasteiger partial charge in [0.15, 0.2) is 5.13 Å². The monoisotopic (exact) mass is 198 g/mol. The number of halogens is 1. The van der Waals surface area contributed by atoms with E-state index in [-0.39, 0.29) is 17.5 Å². The van der Waals surface area contributed by atoms with E-state index in [9.17, 15) is 9.50 Å². The van der Waals surface area contributed by atoms with E-state index in [0.29, 0.717) is 15.6 Å². The van der Waals surface area contributed by atoms with Gasteiger partial charge < -0.3 is 10.2 Å². The van der Waals surface area contributed by atoms with Gasteiger partial charge in [-0.2, -0.15) is 4.39 Å². The van der Waals surface area contributed by atoms with Crippen molar-refractivity contribution in [2.75, 3.05) is 0 Å². The van der Waals surface area contributed by atoms with Crippen LogP contribution in [-0.2, 0) is 6.61 Å². The van der Waals surface area contributed by atoms with Crippen molar-refractivity contribution in [2.45, 2.75) is 6.61 Å². The predicted molar refractivity (Wildman–Crippen MR) is 49.4 cm³/mol. The summed E-state index contributed by atoms with van der Waals surface area (Å²) in [6.07, 6.45) is 0. The molecule has 2 N–H and O–H groups in total. The SMILES string of the molecule is OCc1ccc2sc(F)cc2c1O. The average molecular weight is 198 g/mol. The molecule has 0 aliphatic carbocycles. The van der Waals surface area contributed by atoms with Crippen molar-refractivity contribution in [1.82, 2.24) is 0 Å². The first-order valence-corrected chi connectivity index (χ1v) is 4.55. The molecule has 0 spiro atoms. The van der Waals surface area contributed by atoms with Crippen molar-refractivity contribution >= 4 is 21.4 Å². The van der Waals surface area contributed by atoms with Crippen molar-refractivity contribution in [3.05, 3.63) is 28.9 Å². The Morgan fingerprint density at radius 3 is 2.85 bits per heavy atom. The van der Waals surface area contributed by atoms with Crippen LogP contribution >= 0.6 is 11.3 Å². The Morgan fingerprint density at radius 1 is 1.38 bits per heavy atom. The number of hydrogen-bond donors (Lipinski definition) is 2. The van der Waals surface area contributed by atoms with Gasteiger partial charge in [0.25, 0.3) is 0 Å². The smallest absolute Gasteiger partial charge is 0.177 e. The Morgan fingerprint density at radius 2 is 2.15 bits per heavy atom. The van der Waals surface area contributed by atoms with Crippen molar-refractivity contribution in [3.8, 4) is 5.75 Å². The summed E-state index contributed by atoms with van der Waals surface area (Å²) in [6, 6.07) is 4.55. The second kappa shape index (κ2) is 2.97. The molecule has 0 radical (unpaired) electrons. The average Bonchev–Trinajstić information content (AvgIpc) is 2.47. The third kappa shape index (κ3) is 1.28. The van der Waals surface area contributed by atoms with Crippen LogP contribution in [0, 0.1) is 5.13 Å². The van der Waals surface area contributed by atoms with E-state index >= 15 is 0 Å². The van der Waals surface area contributed by atoms with Crippen molar-refractivity contribution in [3.63, 3.8) is 0 Å². The first-order chi connectivity index (χ1) is 6.22. The molecule has 68 valence electrons. The van der Waals surface area contributed by atoms with Crippen LogP contribution in [0.4, 0.5) is 4.39 Å². The maximum atomic E-state index is 12.8. The molecule has 0 aliphatic heterocycles. The normalized spacial score (nSPS) is 10.9. The number of aromatic hydroxyl groups is 1. The minimum Gasteiger partial charge on any atom is -0.507 e. The maximum Gasteiger partial charge on any atom is 0.177 e. The molecular weight excluding hydrogens is 191 g/mol. The molecule has 1 aromatic heterocycles. The quantitative estimate of drug-likeness (QED) is 0.737. The van der Waals surface area contributed by atoms with Crippen molar-refractivity contribution in [2.24, 2.45) is 0 Å². The Hall–Kier alpha value is -1.13. The van der Waals surface area contributed by atoms with Gasteiger partial charge in [-0.05, 0) is 12.1 Å². The molecule has 0 aliphatic rings. The highest BCUT2D eigenvalue weighted by molar-refractivity contribution is 7.17. The highest BCUT2D eigenvalue weighted by Gasteiger charge is 2.08. The lowest BCUT2D eigenvalue weighted by Crippen LogP contribution is -1.82. The van der Waals surface area contributed by atoms with Crippen LogP contribution < -0.4 is 0 Å². The number of hydrogen-bond acceptors (Lipinski definition) is 3. The molecular formula is C9H7FO2S. The Kier molecular flexibility index (Phi) is 1.94. The number of thiophene rings is 1. The Bertz CT molecular complexity index is 450. The Labute approximate surface area is 77.9 Å². The van der Waals surface area contributed by atoms with Crippen molar-refractivity contribution in [1.29, 1.82) is 0 Å². The molecule has 0 bridgehead atoms. The number of aliphatic hydroxyl groups is 1. The number of benzene rings is 1. The number of rotatable bonds is 1. The summed E-state index contributed by atoms with van der Waals surface area (Å²) in [7, 11) is 0. The summed E-state index contributed by atoms with van der Waals surface area (Å²) in [6.45, 7) is -0.237. The molecule has 2 rings (SSSR count). The van der Waals surface area contributed by atoms with E-state index in [2.05, 4.69) is 0 Å². The zero-order valence-corrected chi connectivity index (χ0v) is 7.44. The summed E-state index contributed by atoms with van der Waals surface area (Å²) >= 11 is 0.977. The molecule has 2 nitrogen and oxygen atoms in total. The predicted octanol–water partition coefficient (Wildman–Crippen LogP) is 2.24. The lowest BCUT2D eigenvalue weighted by molar-refractivity contribution is 0.276. The van der Waals surface area contributed by atoms with Gasteiger partial charge in [-0.15, -0.1) is 11.3 Å². The number of aliphatic hydroxyl groups excluding tert-OH is 1. The first kappa shape index (κ1) is 8.47. The summed E-state index contributed by atoms with van der Waals surface area (Å²) < 4.78 is 13.5. The van der Waals surface area contributed by atoms with Crippen LogP contribution in [-0.4, -0.2) is 10.2 Å². The molecule has 2 aromatic rings. The van der Waals surface area contributed by atoms with E-state index < -0.39 is 0 Å². The first-order valence-electron chi connectivity index (χ1n) is 3.73. The summed E-state index contributed by atoms with van der Waals surface area (Å²) in [5.41, 5.74) is 0.422. The summed E-state index contributed by atoms with van der Waals surface area (Å²) in [4.78, 5) is 0. The Balaban J connectivity index is 2.78. The van der Waals surface area contributed by atoms with Crippen LogP contribution in [0.2, 0.25) is 0 Å². The van der Waals surface area contributed by atoms with E-state index in [0.717, 1.165) is 11.3 Å². The van der Waals surface area contributed by atoms with Gasteiger partial charge >= 0.3 is 0 Å². The molecule has 13 heavy (non-hydrogen) atoms. The molecule has 0 fully saturated rings. The van der Waals surface area contributed by atoms with Gasteiger partial charge in [-0.1, -0.05) is 6.07 Å². The van der Waals surface area contributed by atoms with E-state index in [1.807, 2.05) is 0 Å². The minimum atomic E-state index is -0.333. The molecule has 1 heterocycles. The molecule has 1 aromatic carbocycles. The van der Waals surface area contributed by atoms with Crippen LogP contribution in [0.3, 0.4) is 0 Å². The fraction of sp³-hybridized carbons (Fsp3) is 0.111. The van der Waals surface area contributed by atoms with Gasteiger partial charge in [0, 0.05) is 15.6 Å². The van der Waals surface area contributed by atoms with Crippen LogP contribution in [0.5, 0.6) is 5.75 Å². The molecule has 0 saturated carbocycles. The van der Waals surface area contributed by atoms with E-state index in [1.54, 1.807) is 12.1 Å². The maximum absolute atomic E-state index is 12.8. The van der Waals surface area contributed by atoms with Gasteiger partial charge in [-0.25, -0.2) is 0 Å². The zero-order valence-electron chi connectivity index (χ0n) is 6.62. The fourth-order valence-electron chi connectivity index (χ4n) is 1.24.